The predicted molar refractivity (Wildman–Crippen MR) is 66.6 cm³/mol. The Morgan fingerprint density at radius 2 is 2.39 bits per heavy atom. The maximum atomic E-state index is 11.7. The van der Waals surface area contributed by atoms with Crippen molar-refractivity contribution in [1.29, 1.82) is 0 Å². The number of carbonyl (C=O) groups excluding carboxylic acids is 1. The molecule has 3 heterocycles. The SMILES string of the molecule is Cc1cc2sc(NC(=O)c3ccon3)nc2cn1. The van der Waals surface area contributed by atoms with Crippen molar-refractivity contribution in [2.45, 2.75) is 6.92 Å². The molecule has 0 fully saturated rings. The van der Waals surface area contributed by atoms with Crippen LogP contribution in [0.1, 0.15) is 16.2 Å². The molecule has 3 aromatic rings. The highest BCUT2D eigenvalue weighted by Crippen LogP contribution is 2.25. The van der Waals surface area contributed by atoms with Crippen molar-refractivity contribution in [1.82, 2.24) is 15.1 Å². The highest BCUT2D eigenvalue weighted by molar-refractivity contribution is 7.22. The molecule has 18 heavy (non-hydrogen) atoms. The number of nitrogens with zero attached hydrogens (tertiary/aromatic N) is 3. The van der Waals surface area contributed by atoms with E-state index < -0.39 is 0 Å². The van der Waals surface area contributed by atoms with Gasteiger partial charge >= 0.3 is 0 Å². The van der Waals surface area contributed by atoms with Crippen LogP contribution in [0.2, 0.25) is 0 Å². The van der Waals surface area contributed by atoms with E-state index in [2.05, 4.69) is 25.0 Å². The third-order valence-electron chi connectivity index (χ3n) is 2.30. The monoisotopic (exact) mass is 260 g/mol. The Labute approximate surface area is 106 Å². The Hall–Kier alpha value is -2.28. The Bertz CT molecular complexity index is 705. The second-order valence-electron chi connectivity index (χ2n) is 3.65. The molecule has 0 saturated heterocycles. The first-order valence-corrected chi connectivity index (χ1v) is 5.99. The Kier molecular flexibility index (Phi) is 2.52. The molecule has 3 rings (SSSR count). The summed E-state index contributed by atoms with van der Waals surface area (Å²) in [4.78, 5) is 20.2. The largest absolute Gasteiger partial charge is 0.364 e. The minimum atomic E-state index is -0.340. The van der Waals surface area contributed by atoms with E-state index in [1.807, 2.05) is 13.0 Å². The molecule has 0 aliphatic carbocycles. The molecule has 0 spiro atoms. The first-order valence-electron chi connectivity index (χ1n) is 5.17. The summed E-state index contributed by atoms with van der Waals surface area (Å²) in [6.07, 6.45) is 3.04. The van der Waals surface area contributed by atoms with Gasteiger partial charge in [-0.25, -0.2) is 4.98 Å². The topological polar surface area (TPSA) is 80.9 Å². The maximum Gasteiger partial charge on any atom is 0.279 e. The Morgan fingerprint density at radius 1 is 1.50 bits per heavy atom. The van der Waals surface area contributed by atoms with Gasteiger partial charge in [0.1, 0.15) is 11.8 Å². The van der Waals surface area contributed by atoms with Gasteiger partial charge in [0, 0.05) is 11.8 Å². The van der Waals surface area contributed by atoms with Gasteiger partial charge in [-0.2, -0.15) is 0 Å². The van der Waals surface area contributed by atoms with Crippen LogP contribution in [0.3, 0.4) is 0 Å². The fourth-order valence-electron chi connectivity index (χ4n) is 1.47. The van der Waals surface area contributed by atoms with Gasteiger partial charge in [0.25, 0.3) is 5.91 Å². The average Bonchev–Trinajstić information content (AvgIpc) is 2.95. The fourth-order valence-corrected chi connectivity index (χ4v) is 2.40. The third kappa shape index (κ3) is 1.95. The van der Waals surface area contributed by atoms with Crippen molar-refractivity contribution in [3.8, 4) is 0 Å². The van der Waals surface area contributed by atoms with Crippen LogP contribution in [-0.4, -0.2) is 21.0 Å². The minimum absolute atomic E-state index is 0.226. The second-order valence-corrected chi connectivity index (χ2v) is 4.68. The molecule has 0 aliphatic rings. The number of carbonyl (C=O) groups is 1. The lowest BCUT2D eigenvalue weighted by Gasteiger charge is -1.95. The zero-order valence-electron chi connectivity index (χ0n) is 9.38. The summed E-state index contributed by atoms with van der Waals surface area (Å²) >= 11 is 1.40. The molecule has 1 amide bonds. The molecule has 0 saturated carbocycles. The molecule has 6 nitrogen and oxygen atoms in total. The number of aryl methyl sites for hydroxylation is 1. The number of hydrogen-bond donors (Lipinski definition) is 1. The van der Waals surface area contributed by atoms with E-state index in [1.54, 1.807) is 6.20 Å². The zero-order chi connectivity index (χ0) is 12.5. The lowest BCUT2D eigenvalue weighted by molar-refractivity contribution is 0.101. The van der Waals surface area contributed by atoms with Crippen LogP contribution in [0, 0.1) is 6.92 Å². The smallest absolute Gasteiger partial charge is 0.279 e. The van der Waals surface area contributed by atoms with Crippen molar-refractivity contribution in [3.63, 3.8) is 0 Å². The fraction of sp³-hybridized carbons (Fsp3) is 0.0909. The maximum absolute atomic E-state index is 11.7. The van der Waals surface area contributed by atoms with E-state index >= 15 is 0 Å². The second kappa shape index (κ2) is 4.19. The van der Waals surface area contributed by atoms with E-state index in [9.17, 15) is 4.79 Å². The van der Waals surface area contributed by atoms with Crippen LogP contribution in [0.15, 0.2) is 29.1 Å². The van der Waals surface area contributed by atoms with Crippen molar-refractivity contribution < 1.29 is 9.32 Å². The lowest BCUT2D eigenvalue weighted by Crippen LogP contribution is -2.11. The molecule has 0 unspecified atom stereocenters. The molecule has 90 valence electrons. The molecular formula is C11H8N4O2S. The van der Waals surface area contributed by atoms with Crippen LogP contribution >= 0.6 is 11.3 Å². The quantitative estimate of drug-likeness (QED) is 0.764. The van der Waals surface area contributed by atoms with Crippen LogP contribution < -0.4 is 5.32 Å². The number of rotatable bonds is 2. The van der Waals surface area contributed by atoms with Gasteiger partial charge in [0.2, 0.25) is 0 Å². The number of thiazole rings is 1. The van der Waals surface area contributed by atoms with Gasteiger partial charge in [-0.1, -0.05) is 16.5 Å². The van der Waals surface area contributed by atoms with Gasteiger partial charge in [0.05, 0.1) is 10.9 Å². The van der Waals surface area contributed by atoms with Gasteiger partial charge in [0.15, 0.2) is 10.8 Å². The number of amides is 1. The van der Waals surface area contributed by atoms with Crippen LogP contribution in [0.5, 0.6) is 0 Å². The van der Waals surface area contributed by atoms with Crippen LogP contribution in [0.25, 0.3) is 10.2 Å². The van der Waals surface area contributed by atoms with Crippen molar-refractivity contribution in [2.24, 2.45) is 0 Å². The third-order valence-corrected chi connectivity index (χ3v) is 3.24. The van der Waals surface area contributed by atoms with E-state index in [0.29, 0.717) is 5.13 Å². The Balaban J connectivity index is 1.89. The summed E-state index contributed by atoms with van der Waals surface area (Å²) < 4.78 is 5.59. The normalized spacial score (nSPS) is 10.7. The van der Waals surface area contributed by atoms with Gasteiger partial charge in [-0.15, -0.1) is 0 Å². The van der Waals surface area contributed by atoms with Crippen molar-refractivity contribution in [2.75, 3.05) is 5.32 Å². The molecule has 0 radical (unpaired) electrons. The number of fused-ring (bicyclic) bond motifs is 1. The molecular weight excluding hydrogens is 252 g/mol. The number of pyridine rings is 1. The lowest BCUT2D eigenvalue weighted by atomic mass is 10.4. The molecule has 1 N–H and O–H groups in total. The summed E-state index contributed by atoms with van der Waals surface area (Å²) in [6.45, 7) is 1.91. The summed E-state index contributed by atoms with van der Waals surface area (Å²) in [6, 6.07) is 3.42. The van der Waals surface area contributed by atoms with E-state index in [4.69, 9.17) is 0 Å². The van der Waals surface area contributed by atoms with Crippen molar-refractivity contribution in [3.05, 3.63) is 36.0 Å². The predicted octanol–water partition coefficient (Wildman–Crippen LogP) is 2.24. The first-order chi connectivity index (χ1) is 8.72. The van der Waals surface area contributed by atoms with E-state index in [-0.39, 0.29) is 11.6 Å². The standard InChI is InChI=1S/C11H8N4O2S/c1-6-4-9-8(5-12-6)13-11(18-9)14-10(16)7-2-3-17-15-7/h2-5H,1H3,(H,13,14,16). The van der Waals surface area contributed by atoms with E-state index in [1.165, 1.54) is 23.7 Å². The van der Waals surface area contributed by atoms with E-state index in [0.717, 1.165) is 15.9 Å². The molecule has 0 atom stereocenters. The first kappa shape index (κ1) is 10.8. The number of anilines is 1. The molecule has 0 aromatic carbocycles. The molecule has 0 bridgehead atoms. The number of hydrogen-bond acceptors (Lipinski definition) is 6. The van der Waals surface area contributed by atoms with Crippen molar-refractivity contribution >= 4 is 32.6 Å². The Morgan fingerprint density at radius 3 is 3.17 bits per heavy atom. The molecule has 3 aromatic heterocycles. The highest BCUT2D eigenvalue weighted by Gasteiger charge is 2.12. The van der Waals surface area contributed by atoms with Gasteiger partial charge in [-0.3, -0.25) is 15.1 Å². The summed E-state index contributed by atoms with van der Waals surface area (Å²) in [5, 5.41) is 6.75. The van der Waals surface area contributed by atoms with Crippen LogP contribution in [0.4, 0.5) is 5.13 Å². The zero-order valence-corrected chi connectivity index (χ0v) is 10.2. The molecule has 0 aliphatic heterocycles. The van der Waals surface area contributed by atoms with Crippen LogP contribution in [-0.2, 0) is 0 Å². The summed E-state index contributed by atoms with van der Waals surface area (Å²) in [5.41, 5.74) is 1.91. The number of aromatic nitrogens is 3. The average molecular weight is 260 g/mol. The minimum Gasteiger partial charge on any atom is -0.364 e. The summed E-state index contributed by atoms with van der Waals surface area (Å²) in [7, 11) is 0. The molecule has 7 heteroatoms. The number of nitrogens with one attached hydrogen (secondary N) is 1. The summed E-state index contributed by atoms with van der Waals surface area (Å²) in [5.74, 6) is -0.340. The van der Waals surface area contributed by atoms with Gasteiger partial charge < -0.3 is 4.52 Å². The highest BCUT2D eigenvalue weighted by atomic mass is 32.1. The van der Waals surface area contributed by atoms with Gasteiger partial charge in [-0.05, 0) is 13.0 Å².